The Labute approximate surface area is 176 Å². The number of nitrogens with one attached hydrogen (secondary N) is 1. The molecule has 2 aromatic rings. The van der Waals surface area contributed by atoms with Gasteiger partial charge >= 0.3 is 0 Å². The van der Waals surface area contributed by atoms with E-state index in [-0.39, 0.29) is 36.1 Å². The molecule has 0 spiro atoms. The van der Waals surface area contributed by atoms with Crippen LogP contribution in [0.4, 0.5) is 8.78 Å². The third-order valence-corrected chi connectivity index (χ3v) is 4.81. The molecular weight excluding hydrogens is 388 g/mol. The van der Waals surface area contributed by atoms with Crippen molar-refractivity contribution in [2.45, 2.75) is 45.6 Å². The second-order valence-corrected chi connectivity index (χ2v) is 7.11. The molecule has 1 aliphatic rings. The summed E-state index contributed by atoms with van der Waals surface area (Å²) in [6, 6.07) is 9.81. The van der Waals surface area contributed by atoms with Crippen molar-refractivity contribution in [3.63, 3.8) is 0 Å². The number of hydrogen-bond donors (Lipinski definition) is 3. The van der Waals surface area contributed by atoms with E-state index in [1.807, 2.05) is 13.8 Å². The number of benzene rings is 2. The van der Waals surface area contributed by atoms with Gasteiger partial charge in [-0.2, -0.15) is 0 Å². The van der Waals surface area contributed by atoms with E-state index in [9.17, 15) is 23.8 Å². The smallest absolute Gasteiger partial charge is 0.222 e. The zero-order valence-corrected chi connectivity index (χ0v) is 17.4. The number of rotatable bonds is 8. The standard InChI is InChI=1S/C22H23F2NO3.C2H6/c23-17-8-9-20(24)19(11-17)16(5-4-14-2-1-3-18(26)10-14)13-25-22(28)12-21(27)15-6-7-15;1-2/h1-3,5,8-11,15,21,26-27H,4,6-7,12-13H2,(H,25,28);1-2H3/b16-5+;. The summed E-state index contributed by atoms with van der Waals surface area (Å²) in [4.78, 5) is 12.1. The zero-order chi connectivity index (χ0) is 22.1. The van der Waals surface area contributed by atoms with Crippen LogP contribution in [0, 0.1) is 17.6 Å². The number of carbonyl (C=O) groups excluding carboxylic acids is 1. The summed E-state index contributed by atoms with van der Waals surface area (Å²) in [5.74, 6) is -1.19. The Morgan fingerprint density at radius 1 is 1.20 bits per heavy atom. The molecule has 30 heavy (non-hydrogen) atoms. The molecule has 1 amide bonds. The van der Waals surface area contributed by atoms with Gasteiger partial charge in [-0.1, -0.05) is 32.1 Å². The lowest BCUT2D eigenvalue weighted by Crippen LogP contribution is -2.29. The quantitative estimate of drug-likeness (QED) is 0.588. The summed E-state index contributed by atoms with van der Waals surface area (Å²) < 4.78 is 27.9. The van der Waals surface area contributed by atoms with Gasteiger partial charge in [-0.15, -0.1) is 0 Å². The number of phenols is 1. The number of halogens is 2. The molecule has 0 bridgehead atoms. The van der Waals surface area contributed by atoms with Crippen molar-refractivity contribution in [3.05, 3.63) is 71.3 Å². The monoisotopic (exact) mass is 417 g/mol. The van der Waals surface area contributed by atoms with Gasteiger partial charge in [0.2, 0.25) is 5.91 Å². The first-order chi connectivity index (χ1) is 14.4. The topological polar surface area (TPSA) is 69.6 Å². The summed E-state index contributed by atoms with van der Waals surface area (Å²) in [5.41, 5.74) is 1.29. The molecule has 3 N–H and O–H groups in total. The molecule has 2 aromatic carbocycles. The third kappa shape index (κ3) is 7.26. The van der Waals surface area contributed by atoms with Crippen molar-refractivity contribution in [1.29, 1.82) is 0 Å². The number of carbonyl (C=O) groups is 1. The number of hydrogen-bond acceptors (Lipinski definition) is 3. The molecule has 0 aromatic heterocycles. The van der Waals surface area contributed by atoms with Gasteiger partial charge in [-0.3, -0.25) is 4.79 Å². The van der Waals surface area contributed by atoms with E-state index in [1.165, 1.54) is 0 Å². The van der Waals surface area contributed by atoms with E-state index < -0.39 is 17.7 Å². The van der Waals surface area contributed by atoms with Gasteiger partial charge in [0.25, 0.3) is 0 Å². The van der Waals surface area contributed by atoms with E-state index in [4.69, 9.17) is 0 Å². The number of amides is 1. The van der Waals surface area contributed by atoms with Crippen molar-refractivity contribution in [2.75, 3.05) is 6.54 Å². The minimum Gasteiger partial charge on any atom is -0.508 e. The zero-order valence-electron chi connectivity index (χ0n) is 17.4. The molecular formula is C24H29F2NO3. The fourth-order valence-corrected chi connectivity index (χ4v) is 3.05. The lowest BCUT2D eigenvalue weighted by molar-refractivity contribution is -0.123. The Kier molecular flexibility index (Phi) is 8.99. The fraction of sp³-hybridized carbons (Fsp3) is 0.375. The lowest BCUT2D eigenvalue weighted by atomic mass is 10.0. The summed E-state index contributed by atoms with van der Waals surface area (Å²) in [5, 5.41) is 22.1. The van der Waals surface area contributed by atoms with Crippen LogP contribution in [0.15, 0.2) is 48.5 Å². The molecule has 0 saturated heterocycles. The van der Waals surface area contributed by atoms with Crippen LogP contribution in [0.5, 0.6) is 5.75 Å². The van der Waals surface area contributed by atoms with Crippen LogP contribution in [-0.2, 0) is 11.2 Å². The highest BCUT2D eigenvalue weighted by Crippen LogP contribution is 2.33. The van der Waals surface area contributed by atoms with Crippen molar-refractivity contribution in [3.8, 4) is 5.75 Å². The first-order valence-electron chi connectivity index (χ1n) is 10.3. The molecule has 1 saturated carbocycles. The highest BCUT2D eigenvalue weighted by molar-refractivity contribution is 5.79. The molecule has 0 radical (unpaired) electrons. The van der Waals surface area contributed by atoms with Gasteiger partial charge in [0, 0.05) is 12.1 Å². The largest absolute Gasteiger partial charge is 0.508 e. The second-order valence-electron chi connectivity index (χ2n) is 7.11. The Balaban J connectivity index is 0.00000155. The van der Waals surface area contributed by atoms with Crippen LogP contribution >= 0.6 is 0 Å². The van der Waals surface area contributed by atoms with Gasteiger partial charge in [-0.05, 0) is 66.6 Å². The molecule has 1 fully saturated rings. The Bertz CT molecular complexity index is 879. The van der Waals surface area contributed by atoms with E-state index in [0.29, 0.717) is 12.0 Å². The average molecular weight is 417 g/mol. The van der Waals surface area contributed by atoms with Gasteiger partial charge in [-0.25, -0.2) is 8.78 Å². The predicted molar refractivity (Wildman–Crippen MR) is 114 cm³/mol. The molecule has 1 atom stereocenters. The fourth-order valence-electron chi connectivity index (χ4n) is 3.05. The summed E-state index contributed by atoms with van der Waals surface area (Å²) in [6.07, 6.45) is 3.27. The van der Waals surface area contributed by atoms with Crippen LogP contribution in [0.25, 0.3) is 5.57 Å². The Hall–Kier alpha value is -2.73. The van der Waals surface area contributed by atoms with Crippen LogP contribution in [-0.4, -0.2) is 28.8 Å². The molecule has 3 rings (SSSR count). The SMILES string of the molecule is CC.O=C(CC(O)C1CC1)NC/C(=C\Cc1cccc(O)c1)c1cc(F)ccc1F. The number of phenolic OH excluding ortho intramolecular Hbond substituents is 1. The van der Waals surface area contributed by atoms with Crippen molar-refractivity contribution in [2.24, 2.45) is 5.92 Å². The van der Waals surface area contributed by atoms with Crippen LogP contribution in [0.2, 0.25) is 0 Å². The molecule has 1 aliphatic carbocycles. The van der Waals surface area contributed by atoms with Crippen molar-refractivity contribution < 1.29 is 23.8 Å². The number of allylic oxidation sites excluding steroid dienone is 1. The minimum absolute atomic E-state index is 0.00383. The van der Waals surface area contributed by atoms with Crippen molar-refractivity contribution in [1.82, 2.24) is 5.32 Å². The van der Waals surface area contributed by atoms with E-state index >= 15 is 0 Å². The maximum Gasteiger partial charge on any atom is 0.222 e. The summed E-state index contributed by atoms with van der Waals surface area (Å²) in [6.45, 7) is 4.01. The van der Waals surface area contributed by atoms with Crippen LogP contribution in [0.3, 0.4) is 0 Å². The van der Waals surface area contributed by atoms with E-state index in [2.05, 4.69) is 5.32 Å². The second kappa shape index (κ2) is 11.5. The van der Waals surface area contributed by atoms with Gasteiger partial charge in [0.15, 0.2) is 0 Å². The van der Waals surface area contributed by atoms with E-state index in [1.54, 1.807) is 30.3 Å². The molecule has 1 unspecified atom stereocenters. The molecule has 4 nitrogen and oxygen atoms in total. The minimum atomic E-state index is -0.661. The Morgan fingerprint density at radius 3 is 2.60 bits per heavy atom. The van der Waals surface area contributed by atoms with Gasteiger partial charge < -0.3 is 15.5 Å². The summed E-state index contributed by atoms with van der Waals surface area (Å²) in [7, 11) is 0. The molecule has 0 heterocycles. The normalized spacial score (nSPS) is 14.5. The van der Waals surface area contributed by atoms with Crippen molar-refractivity contribution >= 4 is 11.5 Å². The predicted octanol–water partition coefficient (Wildman–Crippen LogP) is 4.60. The Morgan fingerprint density at radius 2 is 1.93 bits per heavy atom. The van der Waals surface area contributed by atoms with Gasteiger partial charge in [0.05, 0.1) is 12.5 Å². The lowest BCUT2D eigenvalue weighted by Gasteiger charge is -2.13. The maximum absolute atomic E-state index is 14.3. The van der Waals surface area contributed by atoms with E-state index in [0.717, 1.165) is 36.6 Å². The number of aromatic hydroxyl groups is 1. The third-order valence-electron chi connectivity index (χ3n) is 4.81. The number of aliphatic hydroxyl groups excluding tert-OH is 1. The van der Waals surface area contributed by atoms with Crippen LogP contribution < -0.4 is 5.32 Å². The summed E-state index contributed by atoms with van der Waals surface area (Å²) >= 11 is 0. The molecule has 162 valence electrons. The highest BCUT2D eigenvalue weighted by Gasteiger charge is 2.31. The number of aliphatic hydroxyl groups is 1. The first-order valence-corrected chi connectivity index (χ1v) is 10.3. The van der Waals surface area contributed by atoms with Crippen LogP contribution in [0.1, 0.15) is 44.2 Å². The van der Waals surface area contributed by atoms with Gasteiger partial charge in [0.1, 0.15) is 17.4 Å². The highest BCUT2D eigenvalue weighted by atomic mass is 19.1. The molecule has 6 heteroatoms. The molecule has 0 aliphatic heterocycles. The maximum atomic E-state index is 14.3. The average Bonchev–Trinajstić information content (AvgIpc) is 3.57. The first kappa shape index (κ1) is 23.5.